The van der Waals surface area contributed by atoms with Crippen molar-refractivity contribution in [1.29, 1.82) is 0 Å². The number of benzene rings is 2. The van der Waals surface area contributed by atoms with E-state index in [2.05, 4.69) is 0 Å². The number of Topliss-reactive ketones (excluding diaryl/α,β-unsaturated/α-hetero) is 1. The van der Waals surface area contributed by atoms with Crippen LogP contribution in [0.2, 0.25) is 0 Å². The van der Waals surface area contributed by atoms with Gasteiger partial charge >= 0.3 is 0 Å². The molecule has 5 rings (SSSR count). The summed E-state index contributed by atoms with van der Waals surface area (Å²) in [4.78, 5) is 28.6. The van der Waals surface area contributed by atoms with E-state index >= 15 is 0 Å². The second-order valence-corrected chi connectivity index (χ2v) is 8.65. The van der Waals surface area contributed by atoms with Gasteiger partial charge in [-0.05, 0) is 49.6 Å². The molecule has 2 aliphatic rings. The summed E-state index contributed by atoms with van der Waals surface area (Å²) in [5.74, 6) is -0.598. The number of nitrogens with zero attached hydrogens (tertiary/aromatic N) is 1. The summed E-state index contributed by atoms with van der Waals surface area (Å²) in [6.45, 7) is 2.46. The van der Waals surface area contributed by atoms with Gasteiger partial charge in [0.1, 0.15) is 11.3 Å². The van der Waals surface area contributed by atoms with Crippen LogP contribution in [0.5, 0.6) is 5.75 Å². The average molecular weight is 446 g/mol. The fraction of sp³-hybridized carbons (Fsp3) is 0.333. The molecule has 1 unspecified atom stereocenters. The number of hydrogen-bond donors (Lipinski definition) is 1. The lowest BCUT2D eigenvalue weighted by atomic mass is 9.90. The number of amides is 1. The first kappa shape index (κ1) is 21.3. The number of carbonyl (C=O) groups excluding carboxylic acids is 2. The lowest BCUT2D eigenvalue weighted by Gasteiger charge is -2.36. The molecule has 1 aliphatic heterocycles. The van der Waals surface area contributed by atoms with Crippen LogP contribution in [-0.2, 0) is 4.79 Å². The average Bonchev–Trinajstić information content (AvgIpc) is 3.39. The van der Waals surface area contributed by atoms with Crippen LogP contribution in [-0.4, -0.2) is 34.3 Å². The molecule has 0 radical (unpaired) electrons. The predicted molar refractivity (Wildman–Crippen MR) is 124 cm³/mol. The quantitative estimate of drug-likeness (QED) is 0.489. The number of fused-ring (bicyclic) bond motifs is 1. The van der Waals surface area contributed by atoms with Gasteiger partial charge in [-0.1, -0.05) is 49.6 Å². The van der Waals surface area contributed by atoms with E-state index in [1.807, 2.05) is 49.4 Å². The molecule has 1 saturated carbocycles. The van der Waals surface area contributed by atoms with Gasteiger partial charge in [0, 0.05) is 11.4 Å². The zero-order valence-corrected chi connectivity index (χ0v) is 18.6. The molecular formula is C27H27NO5. The van der Waals surface area contributed by atoms with E-state index in [-0.39, 0.29) is 17.4 Å². The van der Waals surface area contributed by atoms with E-state index in [9.17, 15) is 14.7 Å². The molecule has 3 aromatic rings. The third-order valence-corrected chi connectivity index (χ3v) is 6.61. The topological polar surface area (TPSA) is 80.0 Å². The molecule has 1 aromatic heterocycles. The van der Waals surface area contributed by atoms with E-state index in [0.717, 1.165) is 43.1 Å². The molecule has 6 heteroatoms. The number of aliphatic hydroxyl groups is 1. The summed E-state index contributed by atoms with van der Waals surface area (Å²) in [5, 5.41) is 11.7. The lowest BCUT2D eigenvalue weighted by molar-refractivity contribution is -0.132. The molecular weight excluding hydrogens is 418 g/mol. The Morgan fingerprint density at radius 1 is 1.09 bits per heavy atom. The summed E-state index contributed by atoms with van der Waals surface area (Å²) >= 11 is 0. The minimum atomic E-state index is -0.669. The molecule has 0 bridgehead atoms. The molecule has 1 aliphatic carbocycles. The van der Waals surface area contributed by atoms with Crippen molar-refractivity contribution < 1.29 is 23.8 Å². The van der Waals surface area contributed by atoms with E-state index in [1.165, 1.54) is 0 Å². The Morgan fingerprint density at radius 3 is 2.52 bits per heavy atom. The summed E-state index contributed by atoms with van der Waals surface area (Å²) in [6, 6.07) is 15.7. The highest BCUT2D eigenvalue weighted by Crippen LogP contribution is 2.43. The van der Waals surface area contributed by atoms with Crippen LogP contribution in [0.1, 0.15) is 61.2 Å². The van der Waals surface area contributed by atoms with E-state index in [0.29, 0.717) is 17.9 Å². The number of hydrogen-bond acceptors (Lipinski definition) is 5. The minimum Gasteiger partial charge on any atom is -0.503 e. The second-order valence-electron chi connectivity index (χ2n) is 8.65. The lowest BCUT2D eigenvalue weighted by Crippen LogP contribution is -2.41. The van der Waals surface area contributed by atoms with Crippen LogP contribution in [0.4, 0.5) is 0 Å². The number of furan rings is 1. The van der Waals surface area contributed by atoms with Crippen LogP contribution in [0, 0.1) is 0 Å². The smallest absolute Gasteiger partial charge is 0.290 e. The molecule has 170 valence electrons. The van der Waals surface area contributed by atoms with Crippen molar-refractivity contribution in [1.82, 2.24) is 4.90 Å². The first-order chi connectivity index (χ1) is 16.1. The summed E-state index contributed by atoms with van der Waals surface area (Å²) in [6.07, 6.45) is 4.91. The Bertz CT molecular complexity index is 1180. The molecule has 2 heterocycles. The van der Waals surface area contributed by atoms with Gasteiger partial charge in [-0.2, -0.15) is 0 Å². The van der Waals surface area contributed by atoms with Crippen LogP contribution in [0.25, 0.3) is 11.0 Å². The van der Waals surface area contributed by atoms with Crippen LogP contribution >= 0.6 is 0 Å². The van der Waals surface area contributed by atoms with Gasteiger partial charge in [-0.25, -0.2) is 0 Å². The minimum absolute atomic E-state index is 0.0223. The van der Waals surface area contributed by atoms with Crippen molar-refractivity contribution in [3.05, 3.63) is 77.3 Å². The molecule has 1 atom stereocenters. The Kier molecular flexibility index (Phi) is 5.67. The fourth-order valence-corrected chi connectivity index (χ4v) is 5.06. The van der Waals surface area contributed by atoms with Crippen molar-refractivity contribution in [2.75, 3.05) is 6.61 Å². The molecule has 6 nitrogen and oxygen atoms in total. The summed E-state index contributed by atoms with van der Waals surface area (Å²) in [5.41, 5.74) is 1.43. The largest absolute Gasteiger partial charge is 0.503 e. The first-order valence-corrected chi connectivity index (χ1v) is 11.6. The van der Waals surface area contributed by atoms with Gasteiger partial charge in [0.15, 0.2) is 11.5 Å². The third kappa shape index (κ3) is 3.80. The first-order valence-electron chi connectivity index (χ1n) is 11.6. The summed E-state index contributed by atoms with van der Waals surface area (Å²) in [7, 11) is 0. The predicted octanol–water partition coefficient (Wildman–Crippen LogP) is 5.74. The molecule has 1 amide bonds. The molecule has 1 N–H and O–H groups in total. The Labute approximate surface area is 192 Å². The molecule has 0 spiro atoms. The summed E-state index contributed by atoms with van der Waals surface area (Å²) < 4.78 is 11.4. The number of aliphatic hydroxyl groups excluding tert-OH is 1. The number of ether oxygens (including phenoxy) is 1. The van der Waals surface area contributed by atoms with Gasteiger partial charge in [0.25, 0.3) is 5.91 Å². The zero-order chi connectivity index (χ0) is 22.9. The highest BCUT2D eigenvalue weighted by atomic mass is 16.5. The molecule has 33 heavy (non-hydrogen) atoms. The van der Waals surface area contributed by atoms with Crippen LogP contribution < -0.4 is 4.74 Å². The van der Waals surface area contributed by atoms with Gasteiger partial charge in [0.05, 0.1) is 18.2 Å². The standard InChI is InChI=1S/C27H27NO5/c1-2-32-20-14-12-17(13-15-20)24-23(25(29)22-16-18-8-6-7-11-21(18)33-22)26(30)27(31)28(24)19-9-4-3-5-10-19/h6-8,11-16,19,24,30H,2-5,9-10H2,1H3. The highest BCUT2D eigenvalue weighted by Gasteiger charge is 2.47. The highest BCUT2D eigenvalue weighted by molar-refractivity contribution is 6.16. The molecule has 0 saturated heterocycles. The van der Waals surface area contributed by atoms with Crippen molar-refractivity contribution in [2.45, 2.75) is 51.1 Å². The Morgan fingerprint density at radius 2 is 1.82 bits per heavy atom. The Hall–Kier alpha value is -3.54. The van der Waals surface area contributed by atoms with Gasteiger partial charge in [0.2, 0.25) is 5.78 Å². The van der Waals surface area contributed by atoms with E-state index in [1.54, 1.807) is 17.0 Å². The van der Waals surface area contributed by atoms with E-state index in [4.69, 9.17) is 9.15 Å². The van der Waals surface area contributed by atoms with Crippen molar-refractivity contribution in [2.24, 2.45) is 0 Å². The van der Waals surface area contributed by atoms with Gasteiger partial charge in [-0.15, -0.1) is 0 Å². The normalized spacial score (nSPS) is 19.5. The van der Waals surface area contributed by atoms with Crippen LogP contribution in [0.15, 0.2) is 70.3 Å². The second kappa shape index (κ2) is 8.77. The molecule has 2 aromatic carbocycles. The number of rotatable bonds is 6. The van der Waals surface area contributed by atoms with Crippen molar-refractivity contribution >= 4 is 22.7 Å². The number of ketones is 1. The van der Waals surface area contributed by atoms with Crippen molar-refractivity contribution in [3.8, 4) is 5.75 Å². The Balaban J connectivity index is 1.58. The maximum Gasteiger partial charge on any atom is 0.290 e. The SMILES string of the molecule is CCOc1ccc(C2C(C(=O)c3cc4ccccc4o3)=C(O)C(=O)N2C2CCCCC2)cc1. The maximum absolute atomic E-state index is 13.6. The fourth-order valence-electron chi connectivity index (χ4n) is 5.06. The monoisotopic (exact) mass is 445 g/mol. The van der Waals surface area contributed by atoms with Crippen molar-refractivity contribution in [3.63, 3.8) is 0 Å². The number of para-hydroxylation sites is 1. The maximum atomic E-state index is 13.6. The van der Waals surface area contributed by atoms with Gasteiger partial charge in [-0.3, -0.25) is 9.59 Å². The van der Waals surface area contributed by atoms with E-state index < -0.39 is 23.5 Å². The third-order valence-electron chi connectivity index (χ3n) is 6.61. The van der Waals surface area contributed by atoms with Gasteiger partial charge < -0.3 is 19.2 Å². The van der Waals surface area contributed by atoms with Crippen LogP contribution in [0.3, 0.4) is 0 Å². The number of carbonyl (C=O) groups is 2. The molecule has 1 fully saturated rings. The zero-order valence-electron chi connectivity index (χ0n) is 18.6.